The highest BCUT2D eigenvalue weighted by Gasteiger charge is 2.42. The molecule has 9 rings (SSSR count). The summed E-state index contributed by atoms with van der Waals surface area (Å²) in [4.78, 5) is 8.64. The van der Waals surface area contributed by atoms with E-state index in [4.69, 9.17) is 9.10 Å². The van der Waals surface area contributed by atoms with Crippen LogP contribution >= 0.6 is 0 Å². The van der Waals surface area contributed by atoms with E-state index in [2.05, 4.69) is 170 Å². The molecule has 1 aliphatic heterocycles. The average molecular weight is 694 g/mol. The Hall–Kier alpha value is -5.91. The smallest absolute Gasteiger partial charge is 0.179 e. The zero-order valence-corrected chi connectivity index (χ0v) is 30.7. The minimum absolute atomic E-state index is 0.0360. The minimum atomic E-state index is -3.04. The van der Waals surface area contributed by atoms with Gasteiger partial charge in [0.15, 0.2) is 8.07 Å². The van der Waals surface area contributed by atoms with Crippen LogP contribution in [0.4, 0.5) is 17.1 Å². The lowest BCUT2D eigenvalue weighted by atomic mass is 9.88. The number of para-hydroxylation sites is 3. The van der Waals surface area contributed by atoms with Crippen LogP contribution in [0.1, 0.15) is 30.4 Å². The van der Waals surface area contributed by atoms with Gasteiger partial charge in [0.1, 0.15) is 5.82 Å². The molecule has 0 aliphatic carbocycles. The number of rotatable bonds is 6. The van der Waals surface area contributed by atoms with Crippen LogP contribution in [-0.2, 0) is 5.41 Å². The van der Waals surface area contributed by atoms with Gasteiger partial charge in [-0.3, -0.25) is 4.57 Å². The summed E-state index contributed by atoms with van der Waals surface area (Å²) in [5.41, 5.74) is 5.98. The monoisotopic (exact) mass is 693 g/mol. The van der Waals surface area contributed by atoms with E-state index in [9.17, 15) is 0 Å². The molecule has 8 aromatic rings. The standard InChI is InChI=1S/C47H42N4Si/c1-47(2,3)34-28-29-48-46(30-34)51-42-23-12-11-22-40(42)41-27-26-39(32-45(41)51)52(36-17-7-5-8-18-36,37-19-9-6-10-20-37)38-21-15-16-35(31-38)50-33-49(4)43-24-13-14-25-44(43)50/h5-32H,33H2,1-4H3/i4D3. The highest BCUT2D eigenvalue weighted by molar-refractivity contribution is 7.20. The lowest BCUT2D eigenvalue weighted by Gasteiger charge is -2.35. The third-order valence-electron chi connectivity index (χ3n) is 10.7. The Morgan fingerprint density at radius 3 is 1.94 bits per heavy atom. The Kier molecular flexibility index (Phi) is 6.85. The number of aromatic nitrogens is 2. The van der Waals surface area contributed by atoms with Gasteiger partial charge >= 0.3 is 0 Å². The van der Waals surface area contributed by atoms with Crippen molar-refractivity contribution in [1.29, 1.82) is 0 Å². The van der Waals surface area contributed by atoms with Gasteiger partial charge in [-0.1, -0.05) is 136 Å². The Bertz CT molecular complexity index is 2640. The molecule has 0 saturated heterocycles. The molecule has 0 spiro atoms. The predicted molar refractivity (Wildman–Crippen MR) is 223 cm³/mol. The van der Waals surface area contributed by atoms with Crippen molar-refractivity contribution in [3.8, 4) is 5.82 Å². The highest BCUT2D eigenvalue weighted by Crippen LogP contribution is 2.39. The van der Waals surface area contributed by atoms with Gasteiger partial charge in [0.25, 0.3) is 0 Å². The Balaban J connectivity index is 1.33. The van der Waals surface area contributed by atoms with Crippen molar-refractivity contribution < 1.29 is 4.11 Å². The minimum Gasteiger partial charge on any atom is -0.355 e. The molecule has 0 bridgehead atoms. The van der Waals surface area contributed by atoms with E-state index in [1.165, 1.54) is 42.0 Å². The summed E-state index contributed by atoms with van der Waals surface area (Å²) in [5.74, 6) is 0.899. The molecule has 0 saturated carbocycles. The molecule has 3 heterocycles. The fourth-order valence-electron chi connectivity index (χ4n) is 8.18. The number of anilines is 3. The molecule has 6 aromatic carbocycles. The maximum atomic E-state index is 8.35. The number of nitrogens with zero attached hydrogens (tertiary/aromatic N) is 4. The molecule has 52 heavy (non-hydrogen) atoms. The lowest BCUT2D eigenvalue weighted by Crippen LogP contribution is -2.74. The van der Waals surface area contributed by atoms with Crippen LogP contribution in [0.2, 0.25) is 0 Å². The van der Waals surface area contributed by atoms with Crippen molar-refractivity contribution in [3.63, 3.8) is 0 Å². The van der Waals surface area contributed by atoms with Crippen LogP contribution < -0.4 is 30.5 Å². The summed E-state index contributed by atoms with van der Waals surface area (Å²) in [6.07, 6.45) is 1.93. The number of fused-ring (bicyclic) bond motifs is 4. The molecule has 0 N–H and O–H groups in total. The number of hydrogen-bond donors (Lipinski definition) is 0. The van der Waals surface area contributed by atoms with Crippen LogP contribution in [0.15, 0.2) is 170 Å². The van der Waals surface area contributed by atoms with E-state index < -0.39 is 15.0 Å². The van der Waals surface area contributed by atoms with Gasteiger partial charge in [-0.2, -0.15) is 0 Å². The second-order valence-electron chi connectivity index (χ2n) is 14.8. The average Bonchev–Trinajstić information content (AvgIpc) is 3.76. The van der Waals surface area contributed by atoms with Gasteiger partial charge in [-0.15, -0.1) is 0 Å². The normalized spacial score (nSPS) is 14.3. The largest absolute Gasteiger partial charge is 0.355 e. The molecular weight excluding hydrogens is 649 g/mol. The number of benzene rings is 6. The predicted octanol–water partition coefficient (Wildman–Crippen LogP) is 8.40. The SMILES string of the molecule is [2H]C([2H])([2H])N1CN(c2cccc([Si](c3ccccc3)(c3ccccc3)c3ccc4c5ccccc5n(-c5cc(C(C)(C)C)ccn5)c4c3)c2)c2ccccc21. The van der Waals surface area contributed by atoms with Crippen molar-refractivity contribution in [2.75, 3.05) is 23.4 Å². The zero-order chi connectivity index (χ0) is 38.0. The summed E-state index contributed by atoms with van der Waals surface area (Å²) in [5, 5.41) is 7.35. The van der Waals surface area contributed by atoms with Crippen LogP contribution in [-0.4, -0.2) is 31.3 Å². The van der Waals surface area contributed by atoms with Gasteiger partial charge in [-0.25, -0.2) is 4.98 Å². The van der Waals surface area contributed by atoms with Gasteiger partial charge in [0.2, 0.25) is 0 Å². The summed E-state index contributed by atoms with van der Waals surface area (Å²) in [7, 11) is -3.04. The topological polar surface area (TPSA) is 24.3 Å². The summed E-state index contributed by atoms with van der Waals surface area (Å²) < 4.78 is 27.4. The first-order chi connectivity index (χ1) is 26.5. The van der Waals surface area contributed by atoms with Crippen LogP contribution in [0, 0.1) is 0 Å². The molecular formula is C47H42N4Si. The van der Waals surface area contributed by atoms with E-state index in [0.717, 1.165) is 28.2 Å². The molecule has 254 valence electrons. The maximum absolute atomic E-state index is 8.35. The number of pyridine rings is 1. The Labute approximate surface area is 311 Å². The first kappa shape index (κ1) is 28.7. The van der Waals surface area contributed by atoms with E-state index in [-0.39, 0.29) is 12.1 Å². The van der Waals surface area contributed by atoms with Gasteiger partial charge in [0.05, 0.1) is 29.1 Å². The fourth-order valence-corrected chi connectivity index (χ4v) is 13.0. The molecule has 0 amide bonds. The maximum Gasteiger partial charge on any atom is 0.179 e. The molecule has 4 nitrogen and oxygen atoms in total. The van der Waals surface area contributed by atoms with Crippen molar-refractivity contribution in [2.24, 2.45) is 0 Å². The van der Waals surface area contributed by atoms with Crippen molar-refractivity contribution in [3.05, 3.63) is 176 Å². The summed E-state index contributed by atoms with van der Waals surface area (Å²) in [6.45, 7) is 4.68. The fraction of sp³-hybridized carbons (Fsp3) is 0.128. The van der Waals surface area contributed by atoms with Crippen molar-refractivity contribution in [2.45, 2.75) is 26.2 Å². The molecule has 0 radical (unpaired) electrons. The second kappa shape index (κ2) is 12.4. The van der Waals surface area contributed by atoms with Gasteiger partial charge < -0.3 is 9.80 Å². The van der Waals surface area contributed by atoms with E-state index in [1.54, 1.807) is 0 Å². The van der Waals surface area contributed by atoms with E-state index in [0.29, 0.717) is 5.69 Å². The quantitative estimate of drug-likeness (QED) is 0.129. The van der Waals surface area contributed by atoms with E-state index >= 15 is 0 Å². The molecule has 5 heteroatoms. The first-order valence-electron chi connectivity index (χ1n) is 19.4. The first-order valence-corrected chi connectivity index (χ1v) is 19.9. The summed E-state index contributed by atoms with van der Waals surface area (Å²) >= 11 is 0. The Morgan fingerprint density at radius 2 is 1.21 bits per heavy atom. The third kappa shape index (κ3) is 5.07. The lowest BCUT2D eigenvalue weighted by molar-refractivity contribution is 0.588. The molecule has 0 fully saturated rings. The van der Waals surface area contributed by atoms with Crippen LogP contribution in [0.25, 0.3) is 27.6 Å². The van der Waals surface area contributed by atoms with Gasteiger partial charge in [-0.05, 0) is 80.3 Å². The summed E-state index contributed by atoms with van der Waals surface area (Å²) in [6, 6.07) is 58.5. The van der Waals surface area contributed by atoms with Crippen molar-refractivity contribution >= 4 is 67.7 Å². The second-order valence-corrected chi connectivity index (χ2v) is 18.6. The Morgan fingerprint density at radius 1 is 0.577 bits per heavy atom. The molecule has 0 atom stereocenters. The molecule has 1 aliphatic rings. The third-order valence-corrected chi connectivity index (χ3v) is 15.5. The number of hydrogen-bond acceptors (Lipinski definition) is 3. The molecule has 0 unspecified atom stereocenters. The highest BCUT2D eigenvalue weighted by atomic mass is 28.3. The van der Waals surface area contributed by atoms with E-state index in [1.807, 2.05) is 30.5 Å². The van der Waals surface area contributed by atoms with Crippen LogP contribution in [0.5, 0.6) is 0 Å². The van der Waals surface area contributed by atoms with Crippen molar-refractivity contribution in [1.82, 2.24) is 9.55 Å². The van der Waals surface area contributed by atoms with Gasteiger partial charge in [0, 0.05) is 33.7 Å². The van der Waals surface area contributed by atoms with Crippen LogP contribution in [0.3, 0.4) is 0 Å². The molecule has 2 aromatic heterocycles. The zero-order valence-electron chi connectivity index (χ0n) is 32.7.